The molecule has 0 saturated heterocycles. The molecule has 1 aliphatic rings. The zero-order valence-corrected chi connectivity index (χ0v) is 12.3. The van der Waals surface area contributed by atoms with Crippen molar-refractivity contribution in [3.8, 4) is 5.69 Å². The third kappa shape index (κ3) is 3.08. The Morgan fingerprint density at radius 3 is 2.61 bits per heavy atom. The summed E-state index contributed by atoms with van der Waals surface area (Å²) in [7, 11) is 0. The van der Waals surface area contributed by atoms with E-state index in [4.69, 9.17) is 5.11 Å². The summed E-state index contributed by atoms with van der Waals surface area (Å²) in [4.78, 5) is 23.2. The highest BCUT2D eigenvalue weighted by Gasteiger charge is 2.33. The summed E-state index contributed by atoms with van der Waals surface area (Å²) in [5.74, 6) is -1.80. The first kappa shape index (κ1) is 15.2. The molecular formula is C16H16FN3O3. The maximum absolute atomic E-state index is 12.7. The van der Waals surface area contributed by atoms with Crippen LogP contribution in [-0.4, -0.2) is 39.5 Å². The van der Waals surface area contributed by atoms with Crippen molar-refractivity contribution in [1.29, 1.82) is 0 Å². The number of benzene rings is 1. The van der Waals surface area contributed by atoms with E-state index in [1.165, 1.54) is 6.20 Å². The van der Waals surface area contributed by atoms with Crippen LogP contribution in [0.15, 0.2) is 36.5 Å². The number of carbonyl (C=O) groups is 2. The van der Waals surface area contributed by atoms with Crippen LogP contribution in [0.5, 0.6) is 0 Å². The molecule has 1 amide bonds. The van der Waals surface area contributed by atoms with Crippen LogP contribution in [0, 0.1) is 0 Å². The molecule has 1 aromatic heterocycles. The fourth-order valence-corrected chi connectivity index (χ4v) is 2.46. The normalized spacial score (nSPS) is 15.2. The van der Waals surface area contributed by atoms with Gasteiger partial charge in [0, 0.05) is 5.92 Å². The fourth-order valence-electron chi connectivity index (χ4n) is 2.46. The van der Waals surface area contributed by atoms with Gasteiger partial charge in [0.15, 0.2) is 6.04 Å². The van der Waals surface area contributed by atoms with Gasteiger partial charge < -0.3 is 10.4 Å². The van der Waals surface area contributed by atoms with Crippen molar-refractivity contribution >= 4 is 11.9 Å². The third-order valence-corrected chi connectivity index (χ3v) is 3.77. The van der Waals surface area contributed by atoms with Crippen LogP contribution in [-0.2, 0) is 4.79 Å². The highest BCUT2D eigenvalue weighted by atomic mass is 19.1. The van der Waals surface area contributed by atoms with Gasteiger partial charge in [-0.1, -0.05) is 18.2 Å². The maximum Gasteiger partial charge on any atom is 0.328 e. The number of carbonyl (C=O) groups excluding carboxylic acids is 1. The van der Waals surface area contributed by atoms with Crippen molar-refractivity contribution in [2.45, 2.75) is 24.8 Å². The molecule has 1 saturated carbocycles. The Balaban J connectivity index is 1.93. The van der Waals surface area contributed by atoms with Crippen molar-refractivity contribution in [2.24, 2.45) is 0 Å². The molecule has 1 aromatic carbocycles. The van der Waals surface area contributed by atoms with Gasteiger partial charge >= 0.3 is 5.97 Å². The predicted molar refractivity (Wildman–Crippen MR) is 80.4 cm³/mol. The molecule has 120 valence electrons. The van der Waals surface area contributed by atoms with Crippen LogP contribution < -0.4 is 5.32 Å². The number of rotatable bonds is 6. The second-order valence-electron chi connectivity index (χ2n) is 5.48. The van der Waals surface area contributed by atoms with Crippen molar-refractivity contribution in [3.63, 3.8) is 0 Å². The lowest BCUT2D eigenvalue weighted by atomic mass is 10.1. The molecule has 0 bridgehead atoms. The zero-order valence-electron chi connectivity index (χ0n) is 12.3. The molecule has 2 N–H and O–H groups in total. The maximum atomic E-state index is 12.7. The van der Waals surface area contributed by atoms with Gasteiger partial charge in [0.05, 0.1) is 23.1 Å². The molecule has 1 unspecified atom stereocenters. The number of amides is 1. The largest absolute Gasteiger partial charge is 0.480 e. The van der Waals surface area contributed by atoms with Crippen LogP contribution in [0.3, 0.4) is 0 Å². The van der Waals surface area contributed by atoms with Crippen molar-refractivity contribution in [1.82, 2.24) is 15.1 Å². The standard InChI is InChI=1S/C16H16FN3O3/c17-8-13(16(22)23)19-15(21)12-9-18-20(14(12)10-6-7-10)11-4-2-1-3-5-11/h1-5,9-10,13H,6-8H2,(H,19,21)(H,22,23). The first-order valence-corrected chi connectivity index (χ1v) is 7.34. The van der Waals surface area contributed by atoms with Gasteiger partial charge in [-0.05, 0) is 25.0 Å². The van der Waals surface area contributed by atoms with Gasteiger partial charge in [0.25, 0.3) is 5.91 Å². The Morgan fingerprint density at radius 1 is 1.35 bits per heavy atom. The number of para-hydroxylation sites is 1. The van der Waals surface area contributed by atoms with E-state index in [-0.39, 0.29) is 5.92 Å². The predicted octanol–water partition coefficient (Wildman–Crippen LogP) is 1.90. The number of aromatic nitrogens is 2. The van der Waals surface area contributed by atoms with E-state index in [1.807, 2.05) is 30.3 Å². The third-order valence-electron chi connectivity index (χ3n) is 3.77. The number of halogens is 1. The van der Waals surface area contributed by atoms with E-state index in [2.05, 4.69) is 10.4 Å². The van der Waals surface area contributed by atoms with Crippen LogP contribution in [0.25, 0.3) is 5.69 Å². The number of aliphatic carboxylic acids is 1. The Morgan fingerprint density at radius 2 is 2.04 bits per heavy atom. The van der Waals surface area contributed by atoms with Gasteiger partial charge in [0.1, 0.15) is 6.67 Å². The number of carboxylic acids is 1. The van der Waals surface area contributed by atoms with Crippen molar-refractivity contribution < 1.29 is 19.1 Å². The Hall–Kier alpha value is -2.70. The molecule has 0 spiro atoms. The first-order valence-electron chi connectivity index (χ1n) is 7.34. The highest BCUT2D eigenvalue weighted by molar-refractivity contribution is 5.97. The topological polar surface area (TPSA) is 84.2 Å². The first-order chi connectivity index (χ1) is 11.1. The number of nitrogens with zero attached hydrogens (tertiary/aromatic N) is 2. The number of carboxylic acid groups (broad SMARTS) is 1. The minimum absolute atomic E-state index is 0.215. The molecule has 1 aliphatic carbocycles. The molecular weight excluding hydrogens is 301 g/mol. The average molecular weight is 317 g/mol. The number of nitrogens with one attached hydrogen (secondary N) is 1. The Bertz CT molecular complexity index is 725. The number of hydrogen-bond donors (Lipinski definition) is 2. The summed E-state index contributed by atoms with van der Waals surface area (Å²) in [5.41, 5.74) is 1.88. The lowest BCUT2D eigenvalue weighted by molar-refractivity contribution is -0.139. The van der Waals surface area contributed by atoms with Crippen molar-refractivity contribution in [2.75, 3.05) is 6.67 Å². The molecule has 1 atom stereocenters. The van der Waals surface area contributed by atoms with E-state index in [0.29, 0.717) is 5.56 Å². The van der Waals surface area contributed by atoms with Gasteiger partial charge in [-0.3, -0.25) is 4.79 Å². The Labute approximate surface area is 131 Å². The summed E-state index contributed by atoms with van der Waals surface area (Å²) < 4.78 is 14.4. The van der Waals surface area contributed by atoms with Gasteiger partial charge in [-0.15, -0.1) is 0 Å². The fraction of sp³-hybridized carbons (Fsp3) is 0.312. The molecule has 2 aromatic rings. The lowest BCUT2D eigenvalue weighted by Crippen LogP contribution is -2.42. The number of hydrogen-bond acceptors (Lipinski definition) is 3. The van der Waals surface area contributed by atoms with E-state index >= 15 is 0 Å². The van der Waals surface area contributed by atoms with Crippen molar-refractivity contribution in [3.05, 3.63) is 47.8 Å². The molecule has 1 heterocycles. The van der Waals surface area contributed by atoms with Gasteiger partial charge in [0.2, 0.25) is 0 Å². The Kier molecular flexibility index (Phi) is 4.10. The number of alkyl halides is 1. The molecule has 7 heteroatoms. The zero-order chi connectivity index (χ0) is 16.4. The summed E-state index contributed by atoms with van der Waals surface area (Å²) in [5, 5.41) is 15.3. The van der Waals surface area contributed by atoms with Gasteiger partial charge in [-0.25, -0.2) is 13.9 Å². The minimum atomic E-state index is -1.55. The second kappa shape index (κ2) is 6.20. The molecule has 0 radical (unpaired) electrons. The molecule has 1 fully saturated rings. The van der Waals surface area contributed by atoms with E-state index < -0.39 is 24.6 Å². The minimum Gasteiger partial charge on any atom is -0.480 e. The summed E-state index contributed by atoms with van der Waals surface area (Å²) in [6, 6.07) is 7.84. The van der Waals surface area contributed by atoms with Crippen LogP contribution in [0.1, 0.15) is 34.8 Å². The smallest absolute Gasteiger partial charge is 0.328 e. The van der Waals surface area contributed by atoms with Crippen LogP contribution in [0.2, 0.25) is 0 Å². The molecule has 0 aliphatic heterocycles. The summed E-state index contributed by atoms with van der Waals surface area (Å²) in [6.07, 6.45) is 3.31. The molecule has 6 nitrogen and oxygen atoms in total. The highest BCUT2D eigenvalue weighted by Crippen LogP contribution is 2.42. The van der Waals surface area contributed by atoms with E-state index in [0.717, 1.165) is 24.2 Å². The monoisotopic (exact) mass is 317 g/mol. The lowest BCUT2D eigenvalue weighted by Gasteiger charge is -2.12. The second-order valence-corrected chi connectivity index (χ2v) is 5.48. The van der Waals surface area contributed by atoms with Crippen LogP contribution in [0.4, 0.5) is 4.39 Å². The summed E-state index contributed by atoms with van der Waals surface area (Å²) in [6.45, 7) is -1.16. The molecule has 23 heavy (non-hydrogen) atoms. The van der Waals surface area contributed by atoms with E-state index in [1.54, 1.807) is 4.68 Å². The van der Waals surface area contributed by atoms with Gasteiger partial charge in [-0.2, -0.15) is 5.10 Å². The quantitative estimate of drug-likeness (QED) is 0.852. The summed E-state index contributed by atoms with van der Waals surface area (Å²) >= 11 is 0. The van der Waals surface area contributed by atoms with Crippen LogP contribution >= 0.6 is 0 Å². The SMILES string of the molecule is O=C(NC(CF)C(=O)O)c1cnn(-c2ccccc2)c1C1CC1. The van der Waals surface area contributed by atoms with E-state index in [9.17, 15) is 14.0 Å². The average Bonchev–Trinajstić information content (AvgIpc) is 3.30. The molecule has 3 rings (SSSR count).